The van der Waals surface area contributed by atoms with Crippen LogP contribution in [0.25, 0.3) is 0 Å². The maximum absolute atomic E-state index is 3.79. The third-order valence-corrected chi connectivity index (χ3v) is 0.887. The molecule has 6 heavy (non-hydrogen) atoms. The molecule has 0 N–H and O–H groups in total. The van der Waals surface area contributed by atoms with Gasteiger partial charge in [0, 0.05) is 0 Å². The van der Waals surface area contributed by atoms with Crippen molar-refractivity contribution in [3.63, 3.8) is 0 Å². The van der Waals surface area contributed by atoms with Crippen LogP contribution in [0.1, 0.15) is 6.92 Å². The summed E-state index contributed by atoms with van der Waals surface area (Å²) in [5.41, 5.74) is 0. The maximum Gasteiger partial charge on any atom is 0.0642 e. The van der Waals surface area contributed by atoms with Crippen LogP contribution >= 0.6 is 0 Å². The lowest BCUT2D eigenvalue weighted by Crippen LogP contribution is -1.93. The van der Waals surface area contributed by atoms with Gasteiger partial charge in [-0.2, -0.15) is 10.2 Å². The van der Waals surface area contributed by atoms with E-state index in [4.69, 9.17) is 0 Å². The topological polar surface area (TPSA) is 24.7 Å². The Bertz CT molecular complexity index is 59.9. The summed E-state index contributed by atoms with van der Waals surface area (Å²) >= 11 is 0. The lowest BCUT2D eigenvalue weighted by atomic mass is 10.2. The van der Waals surface area contributed by atoms with Gasteiger partial charge in [-0.3, -0.25) is 0 Å². The van der Waals surface area contributed by atoms with Crippen molar-refractivity contribution in [1.82, 2.24) is 0 Å². The molecule has 0 saturated heterocycles. The molecule has 0 amide bonds. The smallest absolute Gasteiger partial charge is 0.0642 e. The summed E-state index contributed by atoms with van der Waals surface area (Å²) in [5, 5.41) is 7.58. The number of hydrogen-bond acceptors (Lipinski definition) is 2. The van der Waals surface area contributed by atoms with Crippen LogP contribution in [0, 0.1) is 5.92 Å². The lowest BCUT2D eigenvalue weighted by molar-refractivity contribution is 0.683. The summed E-state index contributed by atoms with van der Waals surface area (Å²) in [6, 6.07) is 0. The molecule has 0 bridgehead atoms. The molecule has 1 heterocycles. The standard InChI is InChI=1S/C4H8N2/c1-4-2-5-6-3-4/h4H,2-3H2,1H3. The molecular weight excluding hydrogens is 76.1 g/mol. The Kier molecular flexibility index (Phi) is 0.862. The summed E-state index contributed by atoms with van der Waals surface area (Å²) in [7, 11) is 0. The van der Waals surface area contributed by atoms with Crippen molar-refractivity contribution >= 4 is 0 Å². The minimum atomic E-state index is 0.713. The van der Waals surface area contributed by atoms with E-state index in [0.29, 0.717) is 5.92 Å². The third kappa shape index (κ3) is 0.559. The molecular formula is C4H8N2. The van der Waals surface area contributed by atoms with Gasteiger partial charge in [0.05, 0.1) is 13.1 Å². The molecule has 34 valence electrons. The molecule has 0 aromatic carbocycles. The fourth-order valence-electron chi connectivity index (χ4n) is 0.452. The monoisotopic (exact) mass is 84.1 g/mol. The van der Waals surface area contributed by atoms with Crippen molar-refractivity contribution in [3.05, 3.63) is 0 Å². The normalized spacial score (nSPS) is 22.8. The van der Waals surface area contributed by atoms with Crippen LogP contribution in [-0.4, -0.2) is 13.1 Å². The second kappa shape index (κ2) is 1.37. The van der Waals surface area contributed by atoms with E-state index in [0.717, 1.165) is 13.1 Å². The second-order valence-electron chi connectivity index (χ2n) is 1.75. The summed E-state index contributed by atoms with van der Waals surface area (Å²) in [6.45, 7) is 4.04. The lowest BCUT2D eigenvalue weighted by Gasteiger charge is -1.87. The zero-order chi connectivity index (χ0) is 4.41. The zero-order valence-electron chi connectivity index (χ0n) is 3.89. The first kappa shape index (κ1) is 3.78. The van der Waals surface area contributed by atoms with Crippen LogP contribution < -0.4 is 0 Å². The average molecular weight is 84.1 g/mol. The van der Waals surface area contributed by atoms with Gasteiger partial charge in [0.15, 0.2) is 0 Å². The Labute approximate surface area is 37.3 Å². The first-order valence-corrected chi connectivity index (χ1v) is 2.23. The molecule has 0 aromatic heterocycles. The van der Waals surface area contributed by atoms with Crippen LogP contribution in [-0.2, 0) is 0 Å². The molecule has 0 atom stereocenters. The highest BCUT2D eigenvalue weighted by Crippen LogP contribution is 2.03. The van der Waals surface area contributed by atoms with Crippen molar-refractivity contribution in [2.45, 2.75) is 6.92 Å². The summed E-state index contributed by atoms with van der Waals surface area (Å²) in [6.07, 6.45) is 0. The van der Waals surface area contributed by atoms with E-state index >= 15 is 0 Å². The quantitative estimate of drug-likeness (QED) is 0.419. The Morgan fingerprint density at radius 3 is 2.00 bits per heavy atom. The number of hydrogen-bond donors (Lipinski definition) is 0. The van der Waals surface area contributed by atoms with Gasteiger partial charge in [0.25, 0.3) is 0 Å². The molecule has 0 spiro atoms. The van der Waals surface area contributed by atoms with E-state index < -0.39 is 0 Å². The molecule has 0 saturated carbocycles. The summed E-state index contributed by atoms with van der Waals surface area (Å²) in [4.78, 5) is 0. The van der Waals surface area contributed by atoms with E-state index in [1.807, 2.05) is 0 Å². The van der Waals surface area contributed by atoms with Crippen molar-refractivity contribution in [2.75, 3.05) is 13.1 Å². The van der Waals surface area contributed by atoms with E-state index in [9.17, 15) is 0 Å². The second-order valence-corrected chi connectivity index (χ2v) is 1.75. The van der Waals surface area contributed by atoms with Crippen LogP contribution in [0.5, 0.6) is 0 Å². The minimum Gasteiger partial charge on any atom is -0.194 e. The predicted molar refractivity (Wildman–Crippen MR) is 23.8 cm³/mol. The maximum atomic E-state index is 3.79. The van der Waals surface area contributed by atoms with Crippen molar-refractivity contribution in [3.8, 4) is 0 Å². The van der Waals surface area contributed by atoms with Crippen molar-refractivity contribution < 1.29 is 0 Å². The fourth-order valence-corrected chi connectivity index (χ4v) is 0.452. The first-order chi connectivity index (χ1) is 2.89. The van der Waals surface area contributed by atoms with E-state index in [2.05, 4.69) is 17.2 Å². The van der Waals surface area contributed by atoms with Gasteiger partial charge in [0.1, 0.15) is 0 Å². The molecule has 0 radical (unpaired) electrons. The van der Waals surface area contributed by atoms with Gasteiger partial charge in [-0.1, -0.05) is 6.92 Å². The highest BCUT2D eigenvalue weighted by molar-refractivity contribution is 4.61. The largest absolute Gasteiger partial charge is 0.194 e. The third-order valence-electron chi connectivity index (χ3n) is 0.887. The minimum absolute atomic E-state index is 0.713. The van der Waals surface area contributed by atoms with Gasteiger partial charge in [-0.05, 0) is 5.92 Å². The van der Waals surface area contributed by atoms with E-state index in [1.165, 1.54) is 0 Å². The molecule has 2 nitrogen and oxygen atoms in total. The molecule has 0 unspecified atom stereocenters. The Balaban J connectivity index is 2.32. The fraction of sp³-hybridized carbons (Fsp3) is 1.00. The average Bonchev–Trinajstić information content (AvgIpc) is 1.86. The molecule has 0 aromatic rings. The SMILES string of the molecule is CC1CN=NC1. The first-order valence-electron chi connectivity index (χ1n) is 2.23. The van der Waals surface area contributed by atoms with Gasteiger partial charge in [0.2, 0.25) is 0 Å². The van der Waals surface area contributed by atoms with Gasteiger partial charge in [-0.15, -0.1) is 0 Å². The van der Waals surface area contributed by atoms with Gasteiger partial charge < -0.3 is 0 Å². The summed E-state index contributed by atoms with van der Waals surface area (Å²) in [5.74, 6) is 0.713. The Morgan fingerprint density at radius 2 is 1.83 bits per heavy atom. The number of nitrogens with zero attached hydrogens (tertiary/aromatic N) is 2. The molecule has 1 aliphatic heterocycles. The number of azo groups is 1. The molecule has 0 fully saturated rings. The zero-order valence-corrected chi connectivity index (χ0v) is 3.89. The van der Waals surface area contributed by atoms with Crippen LogP contribution in [0.2, 0.25) is 0 Å². The van der Waals surface area contributed by atoms with E-state index in [-0.39, 0.29) is 0 Å². The predicted octanol–water partition coefficient (Wildman–Crippen LogP) is 1.09. The van der Waals surface area contributed by atoms with Crippen LogP contribution in [0.15, 0.2) is 10.2 Å². The Morgan fingerprint density at radius 1 is 1.33 bits per heavy atom. The summed E-state index contributed by atoms with van der Waals surface area (Å²) < 4.78 is 0. The van der Waals surface area contributed by atoms with Crippen molar-refractivity contribution in [1.29, 1.82) is 0 Å². The van der Waals surface area contributed by atoms with Crippen LogP contribution in [0.4, 0.5) is 0 Å². The molecule has 1 aliphatic rings. The number of rotatable bonds is 0. The van der Waals surface area contributed by atoms with Gasteiger partial charge >= 0.3 is 0 Å². The molecule has 1 rings (SSSR count). The van der Waals surface area contributed by atoms with Crippen molar-refractivity contribution in [2.24, 2.45) is 16.1 Å². The molecule has 2 heteroatoms. The highest BCUT2D eigenvalue weighted by Gasteiger charge is 2.03. The Hall–Kier alpha value is -0.400. The highest BCUT2D eigenvalue weighted by atomic mass is 15.1. The molecule has 0 aliphatic carbocycles. The van der Waals surface area contributed by atoms with Crippen LogP contribution in [0.3, 0.4) is 0 Å². The van der Waals surface area contributed by atoms with E-state index in [1.54, 1.807) is 0 Å². The van der Waals surface area contributed by atoms with Gasteiger partial charge in [-0.25, -0.2) is 0 Å².